The van der Waals surface area contributed by atoms with Gasteiger partial charge in [0.2, 0.25) is 10.0 Å². The highest BCUT2D eigenvalue weighted by molar-refractivity contribution is 7.89. The van der Waals surface area contributed by atoms with E-state index in [1.165, 1.54) is 12.1 Å². The Morgan fingerprint density at radius 1 is 1.30 bits per heavy atom. The smallest absolute Gasteiger partial charge is 0.243 e. The lowest BCUT2D eigenvalue weighted by Gasteiger charge is -2.34. The van der Waals surface area contributed by atoms with Crippen molar-refractivity contribution in [3.05, 3.63) is 29.6 Å². The van der Waals surface area contributed by atoms with Crippen LogP contribution in [0.2, 0.25) is 0 Å². The summed E-state index contributed by atoms with van der Waals surface area (Å²) in [5, 5.41) is 9.05. The predicted molar refractivity (Wildman–Crippen MR) is 74.1 cm³/mol. The van der Waals surface area contributed by atoms with E-state index in [0.29, 0.717) is 5.56 Å². The van der Waals surface area contributed by atoms with E-state index < -0.39 is 26.3 Å². The highest BCUT2D eigenvalue weighted by Gasteiger charge is 2.33. The van der Waals surface area contributed by atoms with Crippen LogP contribution < -0.4 is 4.72 Å². The Bertz CT molecular complexity index is 580. The molecule has 112 valence electrons. The van der Waals surface area contributed by atoms with E-state index >= 15 is 0 Å². The molecule has 2 rings (SSSR count). The molecule has 6 heteroatoms. The molecule has 1 aromatic carbocycles. The quantitative estimate of drug-likeness (QED) is 0.897. The van der Waals surface area contributed by atoms with Gasteiger partial charge in [-0.05, 0) is 37.5 Å². The third-order valence-electron chi connectivity index (χ3n) is 3.81. The summed E-state index contributed by atoms with van der Waals surface area (Å²) in [4.78, 5) is -0.393. The molecule has 0 aromatic heterocycles. The molecule has 1 saturated carbocycles. The van der Waals surface area contributed by atoms with Crippen LogP contribution in [0.1, 0.15) is 44.6 Å². The topological polar surface area (TPSA) is 66.4 Å². The normalized spacial score (nSPS) is 18.9. The molecule has 20 heavy (non-hydrogen) atoms. The molecule has 0 atom stereocenters. The van der Waals surface area contributed by atoms with Gasteiger partial charge in [-0.15, -0.1) is 0 Å². The molecule has 0 aliphatic heterocycles. The van der Waals surface area contributed by atoms with Crippen LogP contribution >= 0.6 is 0 Å². The van der Waals surface area contributed by atoms with Gasteiger partial charge in [-0.25, -0.2) is 17.5 Å². The van der Waals surface area contributed by atoms with Crippen LogP contribution in [-0.2, 0) is 16.6 Å². The lowest BCUT2D eigenvalue weighted by atomic mass is 9.84. The summed E-state index contributed by atoms with van der Waals surface area (Å²) < 4.78 is 41.1. The fraction of sp³-hybridized carbons (Fsp3) is 0.571. The Morgan fingerprint density at radius 3 is 2.55 bits per heavy atom. The van der Waals surface area contributed by atoms with Crippen LogP contribution in [0.5, 0.6) is 0 Å². The van der Waals surface area contributed by atoms with Crippen molar-refractivity contribution in [3.63, 3.8) is 0 Å². The van der Waals surface area contributed by atoms with Gasteiger partial charge in [-0.3, -0.25) is 0 Å². The Labute approximate surface area is 119 Å². The van der Waals surface area contributed by atoms with Crippen LogP contribution in [0, 0.1) is 5.82 Å². The highest BCUT2D eigenvalue weighted by atomic mass is 32.2. The van der Waals surface area contributed by atoms with Crippen LogP contribution in [0.25, 0.3) is 0 Å². The van der Waals surface area contributed by atoms with Crippen LogP contribution in [0.3, 0.4) is 0 Å². The van der Waals surface area contributed by atoms with Crippen molar-refractivity contribution in [2.24, 2.45) is 0 Å². The molecule has 0 unspecified atom stereocenters. The summed E-state index contributed by atoms with van der Waals surface area (Å²) in [7, 11) is -3.92. The number of aliphatic hydroxyl groups is 1. The second-order valence-electron chi connectivity index (χ2n) is 5.65. The molecule has 1 aromatic rings. The minimum atomic E-state index is -3.92. The second-order valence-corrected chi connectivity index (χ2v) is 7.30. The maximum absolute atomic E-state index is 13.8. The molecule has 2 N–H and O–H groups in total. The summed E-state index contributed by atoms with van der Waals surface area (Å²) in [5.41, 5.74) is -0.140. The number of hydrogen-bond donors (Lipinski definition) is 2. The largest absolute Gasteiger partial charge is 0.392 e. The van der Waals surface area contributed by atoms with Crippen LogP contribution in [-0.4, -0.2) is 19.1 Å². The minimum absolute atomic E-state index is 0.319. The van der Waals surface area contributed by atoms with Gasteiger partial charge >= 0.3 is 0 Å². The first-order valence-corrected chi connectivity index (χ1v) is 8.28. The number of benzene rings is 1. The number of rotatable bonds is 4. The zero-order valence-electron chi connectivity index (χ0n) is 11.5. The molecule has 0 spiro atoms. The van der Waals surface area contributed by atoms with E-state index in [1.54, 1.807) is 0 Å². The Hall–Kier alpha value is -0.980. The zero-order chi connectivity index (χ0) is 14.8. The van der Waals surface area contributed by atoms with E-state index in [1.807, 2.05) is 6.92 Å². The van der Waals surface area contributed by atoms with E-state index in [0.717, 1.165) is 38.2 Å². The van der Waals surface area contributed by atoms with Crippen molar-refractivity contribution in [1.29, 1.82) is 0 Å². The SMILES string of the molecule is CC1(NS(=O)(=O)c2cc(CO)ccc2F)CCCCC1. The number of aliphatic hydroxyl groups excluding tert-OH is 1. The molecular weight excluding hydrogens is 281 g/mol. The highest BCUT2D eigenvalue weighted by Crippen LogP contribution is 2.29. The first-order chi connectivity index (χ1) is 9.36. The summed E-state index contributed by atoms with van der Waals surface area (Å²) in [6.45, 7) is 1.54. The number of sulfonamides is 1. The Kier molecular flexibility index (Phi) is 4.46. The van der Waals surface area contributed by atoms with E-state index in [9.17, 15) is 12.8 Å². The molecule has 0 radical (unpaired) electrons. The van der Waals surface area contributed by atoms with Gasteiger partial charge < -0.3 is 5.11 Å². The average Bonchev–Trinajstić information content (AvgIpc) is 2.38. The van der Waals surface area contributed by atoms with E-state index in [-0.39, 0.29) is 6.61 Å². The average molecular weight is 301 g/mol. The molecule has 0 heterocycles. The lowest BCUT2D eigenvalue weighted by molar-refractivity contribution is 0.281. The summed E-state index contributed by atoms with van der Waals surface area (Å²) >= 11 is 0. The fourth-order valence-corrected chi connectivity index (χ4v) is 4.26. The standard InChI is InChI=1S/C14H20FNO3S/c1-14(7-3-2-4-8-14)16-20(18,19)13-9-11(10-17)5-6-12(13)15/h5-6,9,16-17H,2-4,7-8,10H2,1H3. The third kappa shape index (κ3) is 3.37. The van der Waals surface area contributed by atoms with Gasteiger partial charge in [0, 0.05) is 5.54 Å². The van der Waals surface area contributed by atoms with Crippen molar-refractivity contribution < 1.29 is 17.9 Å². The zero-order valence-corrected chi connectivity index (χ0v) is 12.3. The lowest BCUT2D eigenvalue weighted by Crippen LogP contribution is -2.47. The second kappa shape index (κ2) is 5.79. The molecule has 1 aliphatic rings. The van der Waals surface area contributed by atoms with Crippen molar-refractivity contribution in [3.8, 4) is 0 Å². The van der Waals surface area contributed by atoms with Crippen molar-refractivity contribution in [2.45, 2.75) is 56.1 Å². The van der Waals surface area contributed by atoms with E-state index in [4.69, 9.17) is 5.11 Å². The maximum atomic E-state index is 13.8. The third-order valence-corrected chi connectivity index (χ3v) is 5.46. The maximum Gasteiger partial charge on any atom is 0.243 e. The molecule has 0 amide bonds. The summed E-state index contributed by atoms with van der Waals surface area (Å²) in [6, 6.07) is 3.63. The van der Waals surface area contributed by atoms with Crippen molar-refractivity contribution in [1.82, 2.24) is 4.72 Å². The van der Waals surface area contributed by atoms with Gasteiger partial charge in [-0.2, -0.15) is 0 Å². The van der Waals surface area contributed by atoms with E-state index in [2.05, 4.69) is 4.72 Å². The summed E-state index contributed by atoms with van der Waals surface area (Å²) in [5.74, 6) is -0.797. The van der Waals surface area contributed by atoms with Crippen LogP contribution in [0.4, 0.5) is 4.39 Å². The number of nitrogens with one attached hydrogen (secondary N) is 1. The van der Waals surface area contributed by atoms with Gasteiger partial charge in [0.05, 0.1) is 6.61 Å². The predicted octanol–water partition coefficient (Wildman–Crippen LogP) is 2.32. The van der Waals surface area contributed by atoms with Crippen LogP contribution in [0.15, 0.2) is 23.1 Å². The molecule has 1 aliphatic carbocycles. The molecule has 0 bridgehead atoms. The number of hydrogen-bond acceptors (Lipinski definition) is 3. The summed E-state index contributed by atoms with van der Waals surface area (Å²) in [6.07, 6.45) is 4.56. The Morgan fingerprint density at radius 2 is 1.95 bits per heavy atom. The van der Waals surface area contributed by atoms with Crippen molar-refractivity contribution in [2.75, 3.05) is 0 Å². The van der Waals surface area contributed by atoms with Gasteiger partial charge in [0.1, 0.15) is 10.7 Å². The van der Waals surface area contributed by atoms with Crippen molar-refractivity contribution >= 4 is 10.0 Å². The molecule has 0 saturated heterocycles. The molecule has 1 fully saturated rings. The first-order valence-electron chi connectivity index (χ1n) is 6.80. The van der Waals surface area contributed by atoms with Gasteiger partial charge in [0.25, 0.3) is 0 Å². The Balaban J connectivity index is 2.30. The van der Waals surface area contributed by atoms with Gasteiger partial charge in [0.15, 0.2) is 0 Å². The fourth-order valence-electron chi connectivity index (χ4n) is 2.67. The first kappa shape index (κ1) is 15.4. The number of halogens is 1. The molecule has 4 nitrogen and oxygen atoms in total. The van der Waals surface area contributed by atoms with Gasteiger partial charge in [-0.1, -0.05) is 25.3 Å². The monoisotopic (exact) mass is 301 g/mol. The minimum Gasteiger partial charge on any atom is -0.392 e. The molecular formula is C14H20FNO3S.